The van der Waals surface area contributed by atoms with Crippen LogP contribution in [-0.2, 0) is 46.7 Å². The summed E-state index contributed by atoms with van der Waals surface area (Å²) in [6.07, 6.45) is 3.78. The van der Waals surface area contributed by atoms with Gasteiger partial charge in [-0.15, -0.1) is 0 Å². The maximum absolute atomic E-state index is 12.4. The summed E-state index contributed by atoms with van der Waals surface area (Å²) in [7, 11) is 0. The topological polar surface area (TPSA) is 35.5 Å². The van der Waals surface area contributed by atoms with Crippen LogP contribution in [0.5, 0.6) is 0 Å². The van der Waals surface area contributed by atoms with Gasteiger partial charge in [0, 0.05) is 0 Å². The van der Waals surface area contributed by atoms with E-state index < -0.39 is 5.60 Å². The Morgan fingerprint density at radius 2 is 1.74 bits per heavy atom. The van der Waals surface area contributed by atoms with Gasteiger partial charge >= 0.3 is 5.97 Å². The van der Waals surface area contributed by atoms with Gasteiger partial charge in [-0.3, -0.25) is 4.79 Å². The highest BCUT2D eigenvalue weighted by Crippen LogP contribution is 2.41. The molecule has 0 saturated carbocycles. The molecule has 0 bridgehead atoms. The van der Waals surface area contributed by atoms with Crippen molar-refractivity contribution in [3.05, 3.63) is 33.4 Å². The van der Waals surface area contributed by atoms with E-state index >= 15 is 0 Å². The molecule has 0 N–H and O–H groups in total. The molecule has 23 heavy (non-hydrogen) atoms. The van der Waals surface area contributed by atoms with Crippen molar-refractivity contribution < 1.29 is 14.3 Å². The highest BCUT2D eigenvalue weighted by Gasteiger charge is 2.31. The first-order chi connectivity index (χ1) is 10.8. The van der Waals surface area contributed by atoms with Gasteiger partial charge in [-0.25, -0.2) is 0 Å². The summed E-state index contributed by atoms with van der Waals surface area (Å²) in [5.74, 6) is 0.279. The third-order valence-electron chi connectivity index (χ3n) is 4.77. The Kier molecular flexibility index (Phi) is 4.26. The van der Waals surface area contributed by atoms with Crippen molar-refractivity contribution in [1.82, 2.24) is 0 Å². The number of fused-ring (bicyclic) bond motifs is 3. The van der Waals surface area contributed by atoms with Gasteiger partial charge in [0.25, 0.3) is 0 Å². The van der Waals surface area contributed by atoms with Gasteiger partial charge in [0.05, 0.1) is 19.6 Å². The second-order valence-corrected chi connectivity index (χ2v) is 8.07. The SMILES string of the molecule is CC(C)c1c2c(c3c(c1CC(=O)OC(C)(C)C)CCC3)COC2. The highest BCUT2D eigenvalue weighted by atomic mass is 16.6. The maximum atomic E-state index is 12.4. The van der Waals surface area contributed by atoms with Gasteiger partial charge in [-0.1, -0.05) is 13.8 Å². The first kappa shape index (κ1) is 16.5. The molecule has 0 aromatic heterocycles. The van der Waals surface area contributed by atoms with Gasteiger partial charge in [-0.05, 0) is 79.3 Å². The monoisotopic (exact) mass is 316 g/mol. The second kappa shape index (κ2) is 5.94. The lowest BCUT2D eigenvalue weighted by Gasteiger charge is -2.24. The molecule has 1 aromatic carbocycles. The van der Waals surface area contributed by atoms with Crippen LogP contribution in [0.25, 0.3) is 0 Å². The van der Waals surface area contributed by atoms with Crippen molar-refractivity contribution >= 4 is 5.97 Å². The lowest BCUT2D eigenvalue weighted by Crippen LogP contribution is -2.26. The van der Waals surface area contributed by atoms with Crippen LogP contribution in [0.1, 0.15) is 80.3 Å². The fourth-order valence-corrected chi connectivity index (χ4v) is 4.11. The number of ether oxygens (including phenoxy) is 2. The van der Waals surface area contributed by atoms with Crippen LogP contribution in [-0.4, -0.2) is 11.6 Å². The van der Waals surface area contributed by atoms with E-state index in [9.17, 15) is 4.79 Å². The molecule has 0 unspecified atom stereocenters. The van der Waals surface area contributed by atoms with Gasteiger partial charge in [0.1, 0.15) is 5.60 Å². The van der Waals surface area contributed by atoms with Gasteiger partial charge in [-0.2, -0.15) is 0 Å². The molecule has 1 aliphatic carbocycles. The largest absolute Gasteiger partial charge is 0.460 e. The molecule has 0 fully saturated rings. The third-order valence-corrected chi connectivity index (χ3v) is 4.77. The van der Waals surface area contributed by atoms with E-state index in [0.29, 0.717) is 18.9 Å². The zero-order valence-corrected chi connectivity index (χ0v) is 15.0. The van der Waals surface area contributed by atoms with E-state index in [1.165, 1.54) is 39.8 Å². The van der Waals surface area contributed by atoms with E-state index in [2.05, 4.69) is 13.8 Å². The molecular formula is C20H28O3. The molecule has 3 nitrogen and oxygen atoms in total. The first-order valence-corrected chi connectivity index (χ1v) is 8.75. The molecule has 1 aromatic rings. The molecule has 2 aliphatic rings. The second-order valence-electron chi connectivity index (χ2n) is 8.07. The molecule has 0 atom stereocenters. The van der Waals surface area contributed by atoms with Crippen molar-refractivity contribution in [3.8, 4) is 0 Å². The minimum absolute atomic E-state index is 0.118. The molecule has 0 saturated heterocycles. The predicted octanol–water partition coefficient (Wildman–Crippen LogP) is 4.21. The zero-order chi connectivity index (χ0) is 16.8. The Hall–Kier alpha value is -1.35. The standard InChI is InChI=1S/C20H28O3/c1-12(2)19-15(9-18(21)23-20(3,4)5)13-7-6-8-14(13)16-10-22-11-17(16)19/h12H,6-11H2,1-5H3. The van der Waals surface area contributed by atoms with Gasteiger partial charge in [0.2, 0.25) is 0 Å². The third kappa shape index (κ3) is 3.16. The number of carbonyl (C=O) groups excluding carboxylic acids is 1. The molecule has 0 radical (unpaired) electrons. The van der Waals surface area contributed by atoms with Crippen LogP contribution in [0.15, 0.2) is 0 Å². The van der Waals surface area contributed by atoms with Crippen LogP contribution in [0.4, 0.5) is 0 Å². The summed E-state index contributed by atoms with van der Waals surface area (Å²) >= 11 is 0. The summed E-state index contributed by atoms with van der Waals surface area (Å²) in [5, 5.41) is 0. The van der Waals surface area contributed by atoms with E-state index in [0.717, 1.165) is 19.4 Å². The lowest BCUT2D eigenvalue weighted by atomic mass is 9.83. The Balaban J connectivity index is 2.05. The minimum atomic E-state index is -0.432. The average Bonchev–Trinajstić information content (AvgIpc) is 3.03. The van der Waals surface area contributed by atoms with E-state index in [1.54, 1.807) is 0 Å². The summed E-state index contributed by atoms with van der Waals surface area (Å²) in [6, 6.07) is 0. The summed E-state index contributed by atoms with van der Waals surface area (Å²) in [5.41, 5.74) is 7.76. The molecule has 0 spiro atoms. The predicted molar refractivity (Wildman–Crippen MR) is 90.6 cm³/mol. The quantitative estimate of drug-likeness (QED) is 0.784. The van der Waals surface area contributed by atoms with Gasteiger partial charge in [0.15, 0.2) is 0 Å². The Morgan fingerprint density at radius 3 is 2.39 bits per heavy atom. The smallest absolute Gasteiger partial charge is 0.310 e. The van der Waals surface area contributed by atoms with Crippen molar-refractivity contribution in [3.63, 3.8) is 0 Å². The summed E-state index contributed by atoms with van der Waals surface area (Å²) in [6.45, 7) is 11.6. The number of rotatable bonds is 3. The molecule has 3 rings (SSSR count). The van der Waals surface area contributed by atoms with Crippen LogP contribution in [0, 0.1) is 0 Å². The molecule has 1 aliphatic heterocycles. The van der Waals surface area contributed by atoms with E-state index in [-0.39, 0.29) is 5.97 Å². The zero-order valence-electron chi connectivity index (χ0n) is 15.0. The molecule has 126 valence electrons. The number of hydrogen-bond acceptors (Lipinski definition) is 3. The van der Waals surface area contributed by atoms with Gasteiger partial charge < -0.3 is 9.47 Å². The maximum Gasteiger partial charge on any atom is 0.310 e. The minimum Gasteiger partial charge on any atom is -0.460 e. The van der Waals surface area contributed by atoms with Crippen molar-refractivity contribution in [1.29, 1.82) is 0 Å². The van der Waals surface area contributed by atoms with Crippen molar-refractivity contribution in [2.75, 3.05) is 0 Å². The molecule has 1 heterocycles. The normalized spacial score (nSPS) is 16.6. The van der Waals surface area contributed by atoms with Crippen LogP contribution in [0.2, 0.25) is 0 Å². The fraction of sp³-hybridized carbons (Fsp3) is 0.650. The summed E-state index contributed by atoms with van der Waals surface area (Å²) in [4.78, 5) is 12.4. The Labute approximate surface area is 139 Å². The average molecular weight is 316 g/mol. The number of hydrogen-bond donors (Lipinski definition) is 0. The van der Waals surface area contributed by atoms with Crippen molar-refractivity contribution in [2.45, 2.75) is 85.0 Å². The Bertz CT molecular complexity index is 636. The lowest BCUT2D eigenvalue weighted by molar-refractivity contribution is -0.153. The molecule has 0 amide bonds. The number of benzene rings is 1. The van der Waals surface area contributed by atoms with Crippen LogP contribution >= 0.6 is 0 Å². The van der Waals surface area contributed by atoms with Crippen LogP contribution in [0.3, 0.4) is 0 Å². The number of esters is 1. The molecular weight excluding hydrogens is 288 g/mol. The van der Waals surface area contributed by atoms with Crippen LogP contribution < -0.4 is 0 Å². The fourth-order valence-electron chi connectivity index (χ4n) is 4.11. The molecule has 3 heteroatoms. The Morgan fingerprint density at radius 1 is 1.09 bits per heavy atom. The first-order valence-electron chi connectivity index (χ1n) is 8.75. The summed E-state index contributed by atoms with van der Waals surface area (Å²) < 4.78 is 11.3. The highest BCUT2D eigenvalue weighted by molar-refractivity contribution is 5.75. The number of carbonyl (C=O) groups is 1. The van der Waals surface area contributed by atoms with E-state index in [1.807, 2.05) is 20.8 Å². The van der Waals surface area contributed by atoms with Crippen molar-refractivity contribution in [2.24, 2.45) is 0 Å². The van der Waals surface area contributed by atoms with E-state index in [4.69, 9.17) is 9.47 Å².